The van der Waals surface area contributed by atoms with E-state index in [1.807, 2.05) is 0 Å². The number of amides is 1. The fraction of sp³-hybridized carbons (Fsp3) is 0.462. The first-order valence-corrected chi connectivity index (χ1v) is 6.06. The Morgan fingerprint density at radius 3 is 2.74 bits per heavy atom. The molecule has 6 heteroatoms. The van der Waals surface area contributed by atoms with E-state index in [1.165, 1.54) is 0 Å². The molecule has 0 bridgehead atoms. The highest BCUT2D eigenvalue weighted by Crippen LogP contribution is 2.11. The van der Waals surface area contributed by atoms with Crippen LogP contribution >= 0.6 is 12.4 Å². The van der Waals surface area contributed by atoms with Gasteiger partial charge < -0.3 is 10.6 Å². The van der Waals surface area contributed by atoms with E-state index in [1.54, 1.807) is 0 Å². The Bertz CT molecular complexity index is 439. The van der Waals surface area contributed by atoms with Gasteiger partial charge in [-0.05, 0) is 30.2 Å². The highest BCUT2D eigenvalue weighted by Gasteiger charge is 2.17. The molecule has 1 amide bonds. The molecule has 1 aromatic carbocycles. The smallest absolute Gasteiger partial charge is 0.220 e. The van der Waals surface area contributed by atoms with Crippen LogP contribution in [0.3, 0.4) is 0 Å². The summed E-state index contributed by atoms with van der Waals surface area (Å²) in [5.74, 6) is -0.565. The second kappa shape index (κ2) is 7.40. The van der Waals surface area contributed by atoms with Crippen LogP contribution in [0.5, 0.6) is 0 Å². The molecule has 1 aliphatic rings. The molecule has 1 heterocycles. The number of halogens is 3. The van der Waals surface area contributed by atoms with Gasteiger partial charge in [-0.3, -0.25) is 4.79 Å². The van der Waals surface area contributed by atoms with Crippen LogP contribution < -0.4 is 10.6 Å². The van der Waals surface area contributed by atoms with Crippen LogP contribution in [0.15, 0.2) is 18.2 Å². The van der Waals surface area contributed by atoms with E-state index in [4.69, 9.17) is 0 Å². The SMILES string of the molecule is Cl.O=C(CCc1cc(F)ccc1F)NCC1CNC1. The van der Waals surface area contributed by atoms with E-state index in [2.05, 4.69) is 10.6 Å². The van der Waals surface area contributed by atoms with Crippen LogP contribution in [0, 0.1) is 17.6 Å². The number of rotatable bonds is 5. The van der Waals surface area contributed by atoms with Crippen molar-refractivity contribution in [3.8, 4) is 0 Å². The number of benzene rings is 1. The van der Waals surface area contributed by atoms with Gasteiger partial charge in [0.15, 0.2) is 0 Å². The molecule has 106 valence electrons. The molecule has 1 aliphatic heterocycles. The van der Waals surface area contributed by atoms with Gasteiger partial charge in [-0.25, -0.2) is 8.78 Å². The lowest BCUT2D eigenvalue weighted by molar-refractivity contribution is -0.121. The van der Waals surface area contributed by atoms with Gasteiger partial charge in [0.25, 0.3) is 0 Å². The molecule has 1 saturated heterocycles. The van der Waals surface area contributed by atoms with Gasteiger partial charge in [-0.2, -0.15) is 0 Å². The molecule has 2 rings (SSSR count). The first kappa shape index (κ1) is 15.9. The van der Waals surface area contributed by atoms with E-state index in [-0.39, 0.29) is 36.7 Å². The average Bonchev–Trinajstić information content (AvgIpc) is 2.28. The summed E-state index contributed by atoms with van der Waals surface area (Å²) in [5, 5.41) is 5.91. The van der Waals surface area contributed by atoms with Crippen molar-refractivity contribution in [3.05, 3.63) is 35.4 Å². The summed E-state index contributed by atoms with van der Waals surface area (Å²) in [4.78, 5) is 11.5. The number of hydrogen-bond donors (Lipinski definition) is 2. The van der Waals surface area contributed by atoms with Crippen LogP contribution in [0.25, 0.3) is 0 Å². The first-order chi connectivity index (χ1) is 8.65. The fourth-order valence-electron chi connectivity index (χ4n) is 1.82. The highest BCUT2D eigenvalue weighted by molar-refractivity contribution is 5.85. The zero-order valence-electron chi connectivity index (χ0n) is 10.4. The van der Waals surface area contributed by atoms with Crippen molar-refractivity contribution in [3.63, 3.8) is 0 Å². The Hall–Kier alpha value is -1.20. The Labute approximate surface area is 117 Å². The van der Waals surface area contributed by atoms with Gasteiger partial charge in [0.1, 0.15) is 11.6 Å². The van der Waals surface area contributed by atoms with Crippen LogP contribution in [0.4, 0.5) is 8.78 Å². The van der Waals surface area contributed by atoms with Gasteiger partial charge in [0.05, 0.1) is 0 Å². The van der Waals surface area contributed by atoms with E-state index in [0.717, 1.165) is 31.3 Å². The average molecular weight is 291 g/mol. The minimum Gasteiger partial charge on any atom is -0.356 e. The highest BCUT2D eigenvalue weighted by atomic mass is 35.5. The summed E-state index contributed by atoms with van der Waals surface area (Å²) in [7, 11) is 0. The number of carbonyl (C=O) groups excluding carboxylic acids is 1. The molecule has 0 unspecified atom stereocenters. The van der Waals surface area contributed by atoms with Gasteiger partial charge in [-0.15, -0.1) is 12.4 Å². The quantitative estimate of drug-likeness (QED) is 0.866. The van der Waals surface area contributed by atoms with Crippen LogP contribution in [0.1, 0.15) is 12.0 Å². The van der Waals surface area contributed by atoms with Crippen LogP contribution in [0.2, 0.25) is 0 Å². The summed E-state index contributed by atoms with van der Waals surface area (Å²) in [6.45, 7) is 2.51. The van der Waals surface area contributed by atoms with E-state index < -0.39 is 11.6 Å². The van der Waals surface area contributed by atoms with Gasteiger partial charge in [0, 0.05) is 32.0 Å². The molecule has 0 atom stereocenters. The maximum Gasteiger partial charge on any atom is 0.220 e. The second-order valence-corrected chi connectivity index (χ2v) is 4.56. The fourth-order valence-corrected chi connectivity index (χ4v) is 1.82. The zero-order valence-corrected chi connectivity index (χ0v) is 11.2. The molecular weight excluding hydrogens is 274 g/mol. The van der Waals surface area contributed by atoms with Gasteiger partial charge in [0.2, 0.25) is 5.91 Å². The minimum atomic E-state index is -0.479. The normalized spacial score (nSPS) is 14.4. The number of hydrogen-bond acceptors (Lipinski definition) is 2. The Morgan fingerprint density at radius 1 is 1.37 bits per heavy atom. The lowest BCUT2D eigenvalue weighted by Crippen LogP contribution is -2.48. The van der Waals surface area contributed by atoms with Crippen molar-refractivity contribution >= 4 is 18.3 Å². The van der Waals surface area contributed by atoms with Crippen molar-refractivity contribution in [1.29, 1.82) is 0 Å². The predicted molar refractivity (Wildman–Crippen MR) is 71.3 cm³/mol. The standard InChI is InChI=1S/C13H16F2N2O.ClH/c14-11-2-3-12(15)10(5-11)1-4-13(18)17-8-9-6-16-7-9;/h2-3,5,9,16H,1,4,6-8H2,(H,17,18);1H. The third kappa shape index (κ3) is 4.76. The van der Waals surface area contributed by atoms with Crippen LogP contribution in [-0.4, -0.2) is 25.5 Å². The maximum atomic E-state index is 13.3. The zero-order chi connectivity index (χ0) is 13.0. The second-order valence-electron chi connectivity index (χ2n) is 4.56. The Kier molecular flexibility index (Phi) is 6.18. The van der Waals surface area contributed by atoms with Crippen molar-refractivity contribution < 1.29 is 13.6 Å². The summed E-state index contributed by atoms with van der Waals surface area (Å²) >= 11 is 0. The maximum absolute atomic E-state index is 13.3. The number of nitrogens with one attached hydrogen (secondary N) is 2. The molecule has 0 aromatic heterocycles. The van der Waals surface area contributed by atoms with Crippen molar-refractivity contribution in [2.75, 3.05) is 19.6 Å². The lowest BCUT2D eigenvalue weighted by atomic mass is 10.0. The molecule has 0 spiro atoms. The van der Waals surface area contributed by atoms with Crippen molar-refractivity contribution in [2.24, 2.45) is 5.92 Å². The topological polar surface area (TPSA) is 41.1 Å². The molecule has 0 radical (unpaired) electrons. The summed E-state index contributed by atoms with van der Waals surface area (Å²) < 4.78 is 26.2. The monoisotopic (exact) mass is 290 g/mol. The molecule has 0 aliphatic carbocycles. The molecule has 2 N–H and O–H groups in total. The Balaban J connectivity index is 0.00000180. The Morgan fingerprint density at radius 2 is 2.11 bits per heavy atom. The minimum absolute atomic E-state index is 0. The van der Waals surface area contributed by atoms with E-state index in [0.29, 0.717) is 12.5 Å². The number of carbonyl (C=O) groups is 1. The molecule has 19 heavy (non-hydrogen) atoms. The summed E-state index contributed by atoms with van der Waals surface area (Å²) in [5.41, 5.74) is 0.246. The summed E-state index contributed by atoms with van der Waals surface area (Å²) in [6.07, 6.45) is 0.402. The summed E-state index contributed by atoms with van der Waals surface area (Å²) in [6, 6.07) is 3.30. The number of aryl methyl sites for hydroxylation is 1. The lowest BCUT2D eigenvalue weighted by Gasteiger charge is -2.27. The van der Waals surface area contributed by atoms with Crippen molar-refractivity contribution in [2.45, 2.75) is 12.8 Å². The van der Waals surface area contributed by atoms with Gasteiger partial charge >= 0.3 is 0 Å². The largest absolute Gasteiger partial charge is 0.356 e. The molecule has 1 aromatic rings. The van der Waals surface area contributed by atoms with E-state index >= 15 is 0 Å². The van der Waals surface area contributed by atoms with Gasteiger partial charge in [-0.1, -0.05) is 0 Å². The van der Waals surface area contributed by atoms with Crippen LogP contribution in [-0.2, 0) is 11.2 Å². The molecule has 0 saturated carbocycles. The molecule has 3 nitrogen and oxygen atoms in total. The predicted octanol–water partition coefficient (Wildman–Crippen LogP) is 1.65. The molecule has 1 fully saturated rings. The molecular formula is C13H17ClF2N2O. The third-order valence-corrected chi connectivity index (χ3v) is 3.08. The van der Waals surface area contributed by atoms with Crippen molar-refractivity contribution in [1.82, 2.24) is 10.6 Å². The third-order valence-electron chi connectivity index (χ3n) is 3.08. The van der Waals surface area contributed by atoms with E-state index in [9.17, 15) is 13.6 Å². The first-order valence-electron chi connectivity index (χ1n) is 6.06.